The van der Waals surface area contributed by atoms with Gasteiger partial charge in [-0.3, -0.25) is 19.7 Å². The molecule has 8 nitrogen and oxygen atoms in total. The van der Waals surface area contributed by atoms with Gasteiger partial charge in [0.1, 0.15) is 6.04 Å². The van der Waals surface area contributed by atoms with E-state index in [2.05, 4.69) is 5.32 Å². The van der Waals surface area contributed by atoms with Crippen LogP contribution in [0.4, 0.5) is 5.69 Å². The van der Waals surface area contributed by atoms with Crippen molar-refractivity contribution in [2.75, 3.05) is 0 Å². The molecule has 2 aromatic rings. The molecule has 2 rings (SSSR count). The van der Waals surface area contributed by atoms with Crippen LogP contribution in [-0.4, -0.2) is 27.9 Å². The van der Waals surface area contributed by atoms with Gasteiger partial charge in [-0.2, -0.15) is 0 Å². The van der Waals surface area contributed by atoms with Gasteiger partial charge in [-0.15, -0.1) is 0 Å². The number of nitrogens with one attached hydrogen (secondary N) is 1. The number of rotatable bonds is 7. The number of amides is 2. The Morgan fingerprint density at radius 2 is 1.72 bits per heavy atom. The molecular formula is C17H17N3O5. The van der Waals surface area contributed by atoms with E-state index in [-0.39, 0.29) is 12.1 Å². The van der Waals surface area contributed by atoms with Gasteiger partial charge in [0.25, 0.3) is 11.6 Å². The highest BCUT2D eigenvalue weighted by Crippen LogP contribution is 2.15. The quantitative estimate of drug-likeness (QED) is 0.505. The second-order valence-electron chi connectivity index (χ2n) is 5.40. The van der Waals surface area contributed by atoms with Crippen LogP contribution in [0.5, 0.6) is 0 Å². The summed E-state index contributed by atoms with van der Waals surface area (Å²) in [5, 5.41) is 23.1. The number of benzene rings is 2. The van der Waals surface area contributed by atoms with Gasteiger partial charge in [-0.1, -0.05) is 42.5 Å². The first-order valence-corrected chi connectivity index (χ1v) is 7.44. The van der Waals surface area contributed by atoms with E-state index in [0.29, 0.717) is 11.1 Å². The molecule has 0 saturated heterocycles. The van der Waals surface area contributed by atoms with Gasteiger partial charge >= 0.3 is 0 Å². The van der Waals surface area contributed by atoms with E-state index in [1.165, 1.54) is 24.3 Å². The summed E-state index contributed by atoms with van der Waals surface area (Å²) in [5.41, 5.74) is 6.20. The molecule has 0 heterocycles. The fraction of sp³-hybridized carbons (Fsp3) is 0.176. The van der Waals surface area contributed by atoms with Crippen LogP contribution in [0.15, 0.2) is 54.6 Å². The summed E-state index contributed by atoms with van der Waals surface area (Å²) in [5.74, 6) is -1.52. The highest BCUT2D eigenvalue weighted by molar-refractivity contribution is 5.89. The molecule has 0 aromatic heterocycles. The van der Waals surface area contributed by atoms with Gasteiger partial charge < -0.3 is 16.2 Å². The Hall–Kier alpha value is -3.26. The van der Waals surface area contributed by atoms with Crippen molar-refractivity contribution in [3.63, 3.8) is 0 Å². The molecule has 0 saturated carbocycles. The van der Waals surface area contributed by atoms with Gasteiger partial charge in [0.15, 0.2) is 6.10 Å². The number of non-ortho nitro benzene ring substituents is 1. The lowest BCUT2D eigenvalue weighted by Gasteiger charge is -2.18. The minimum atomic E-state index is -1.43. The lowest BCUT2D eigenvalue weighted by molar-refractivity contribution is -0.384. The summed E-state index contributed by atoms with van der Waals surface area (Å²) in [7, 11) is 0. The van der Waals surface area contributed by atoms with Crippen molar-refractivity contribution in [3.05, 3.63) is 75.8 Å². The molecule has 0 aliphatic rings. The van der Waals surface area contributed by atoms with Crippen LogP contribution in [0.2, 0.25) is 0 Å². The van der Waals surface area contributed by atoms with E-state index in [0.717, 1.165) is 0 Å². The molecule has 0 aliphatic heterocycles. The number of hydrogen-bond donors (Lipinski definition) is 3. The lowest BCUT2D eigenvalue weighted by Crippen LogP contribution is -2.47. The number of carbonyl (C=O) groups excluding carboxylic acids is 2. The number of nitro groups is 1. The predicted octanol–water partition coefficient (Wildman–Crippen LogP) is 0.841. The Morgan fingerprint density at radius 3 is 2.24 bits per heavy atom. The maximum Gasteiger partial charge on any atom is 0.269 e. The summed E-state index contributed by atoms with van der Waals surface area (Å²) >= 11 is 0. The van der Waals surface area contributed by atoms with E-state index in [9.17, 15) is 24.8 Å². The van der Waals surface area contributed by atoms with Crippen molar-refractivity contribution in [2.45, 2.75) is 18.6 Å². The van der Waals surface area contributed by atoms with Crippen LogP contribution in [0.1, 0.15) is 17.2 Å². The number of nitrogens with two attached hydrogens (primary N) is 1. The molecule has 8 heteroatoms. The molecule has 0 bridgehead atoms. The third-order valence-electron chi connectivity index (χ3n) is 3.61. The van der Waals surface area contributed by atoms with Crippen LogP contribution in [0.25, 0.3) is 0 Å². The zero-order valence-electron chi connectivity index (χ0n) is 13.2. The predicted molar refractivity (Wildman–Crippen MR) is 89.3 cm³/mol. The molecule has 0 spiro atoms. The van der Waals surface area contributed by atoms with Crippen molar-refractivity contribution in [1.29, 1.82) is 0 Å². The average Bonchev–Trinajstić information content (AvgIpc) is 2.61. The average molecular weight is 343 g/mol. The van der Waals surface area contributed by atoms with Crippen LogP contribution >= 0.6 is 0 Å². The first-order valence-electron chi connectivity index (χ1n) is 7.44. The fourth-order valence-electron chi connectivity index (χ4n) is 2.25. The first kappa shape index (κ1) is 18.1. The second-order valence-corrected chi connectivity index (χ2v) is 5.40. The number of hydrogen-bond acceptors (Lipinski definition) is 5. The van der Waals surface area contributed by atoms with E-state index in [4.69, 9.17) is 5.73 Å². The topological polar surface area (TPSA) is 136 Å². The smallest absolute Gasteiger partial charge is 0.269 e. The zero-order valence-corrected chi connectivity index (χ0v) is 13.2. The van der Waals surface area contributed by atoms with Gasteiger partial charge in [0.2, 0.25) is 5.91 Å². The second kappa shape index (κ2) is 8.02. The third kappa shape index (κ3) is 4.85. The summed E-state index contributed by atoms with van der Waals surface area (Å²) in [6.45, 7) is 0. The van der Waals surface area contributed by atoms with Crippen molar-refractivity contribution < 1.29 is 19.6 Å². The molecule has 2 atom stereocenters. The Balaban J connectivity index is 2.06. The molecule has 0 unspecified atom stereocenters. The van der Waals surface area contributed by atoms with E-state index in [1.54, 1.807) is 30.3 Å². The molecule has 0 aliphatic carbocycles. The fourth-order valence-corrected chi connectivity index (χ4v) is 2.25. The Bertz CT molecular complexity index is 762. The van der Waals surface area contributed by atoms with Crippen LogP contribution in [0.3, 0.4) is 0 Å². The molecule has 130 valence electrons. The molecule has 2 amide bonds. The van der Waals surface area contributed by atoms with Gasteiger partial charge in [0, 0.05) is 18.6 Å². The van der Waals surface area contributed by atoms with E-state index in [1.807, 2.05) is 0 Å². The number of aliphatic hydroxyl groups excluding tert-OH is 1. The zero-order chi connectivity index (χ0) is 18.4. The molecule has 4 N–H and O–H groups in total. The van der Waals surface area contributed by atoms with E-state index < -0.39 is 28.9 Å². The van der Waals surface area contributed by atoms with Gasteiger partial charge in [-0.05, 0) is 11.1 Å². The van der Waals surface area contributed by atoms with Gasteiger partial charge in [-0.25, -0.2) is 0 Å². The first-order chi connectivity index (χ1) is 11.9. The lowest BCUT2D eigenvalue weighted by atomic mass is 10.0. The number of carbonyl (C=O) groups is 2. The van der Waals surface area contributed by atoms with E-state index >= 15 is 0 Å². The largest absolute Gasteiger partial charge is 0.378 e. The normalized spacial score (nSPS) is 12.8. The van der Waals surface area contributed by atoms with Crippen molar-refractivity contribution in [2.24, 2.45) is 5.73 Å². The molecular weight excluding hydrogens is 326 g/mol. The minimum absolute atomic E-state index is 0.0561. The van der Waals surface area contributed by atoms with Crippen LogP contribution in [0, 0.1) is 10.1 Å². The standard InChI is InChI=1S/C17H17N3O5/c18-16(22)14(10-11-6-8-13(9-7-11)20(24)25)19-17(23)15(21)12-4-2-1-3-5-12/h1-9,14-15,21H,10H2,(H2,18,22)(H,19,23)/t14-,15-/m0/s1. The summed E-state index contributed by atoms with van der Waals surface area (Å²) in [6.07, 6.45) is -1.37. The third-order valence-corrected chi connectivity index (χ3v) is 3.61. The van der Waals surface area contributed by atoms with Crippen LogP contribution < -0.4 is 11.1 Å². The molecule has 25 heavy (non-hydrogen) atoms. The highest BCUT2D eigenvalue weighted by Gasteiger charge is 2.24. The summed E-state index contributed by atoms with van der Waals surface area (Å²) < 4.78 is 0. The molecule has 0 fully saturated rings. The van der Waals surface area contributed by atoms with Crippen molar-refractivity contribution in [3.8, 4) is 0 Å². The summed E-state index contributed by atoms with van der Waals surface area (Å²) in [6, 6.07) is 12.8. The van der Waals surface area contributed by atoms with Gasteiger partial charge in [0.05, 0.1) is 4.92 Å². The number of nitro benzene ring substituents is 1. The highest BCUT2D eigenvalue weighted by atomic mass is 16.6. The minimum Gasteiger partial charge on any atom is -0.378 e. The Labute approximate surface area is 143 Å². The summed E-state index contributed by atoms with van der Waals surface area (Å²) in [4.78, 5) is 33.8. The maximum atomic E-state index is 12.1. The molecule has 2 aromatic carbocycles. The number of primary amides is 1. The number of aliphatic hydroxyl groups is 1. The van der Waals surface area contributed by atoms with Crippen LogP contribution in [-0.2, 0) is 16.0 Å². The van der Waals surface area contributed by atoms with Crippen molar-refractivity contribution >= 4 is 17.5 Å². The molecule has 0 radical (unpaired) electrons. The Morgan fingerprint density at radius 1 is 1.12 bits per heavy atom. The number of nitrogens with zero attached hydrogens (tertiary/aromatic N) is 1. The van der Waals surface area contributed by atoms with Crippen molar-refractivity contribution in [1.82, 2.24) is 5.32 Å². The Kier molecular flexibility index (Phi) is 5.80. The maximum absolute atomic E-state index is 12.1. The monoisotopic (exact) mass is 343 g/mol. The SMILES string of the molecule is NC(=O)[C@H](Cc1ccc([N+](=O)[O-])cc1)NC(=O)[C@@H](O)c1ccccc1.